The second-order valence-electron chi connectivity index (χ2n) is 6.44. The third kappa shape index (κ3) is 4.66. The van der Waals surface area contributed by atoms with Crippen LogP contribution in [-0.4, -0.2) is 28.2 Å². The van der Waals surface area contributed by atoms with Crippen LogP contribution in [0.3, 0.4) is 0 Å². The Morgan fingerprint density at radius 3 is 3.04 bits per heavy atom. The van der Waals surface area contributed by atoms with Crippen LogP contribution >= 0.6 is 11.3 Å². The van der Waals surface area contributed by atoms with E-state index >= 15 is 0 Å². The Kier molecular flexibility index (Phi) is 5.98. The standard InChI is InChI=1S/C19H22FN3O2S/c1-2-16-12-26-17(22-16)9-21-19(25)14-6-7-18(24)23(11-14)10-13-4-3-5-15(20)8-13/h3-5,8,12,14H,2,6-7,9-11H2,1H3,(H,21,25)/t14-/m0/s1. The molecular formula is C19H22FN3O2S. The van der Waals surface area contributed by atoms with Gasteiger partial charge in [0.05, 0.1) is 18.2 Å². The number of rotatable bonds is 6. The van der Waals surface area contributed by atoms with Gasteiger partial charge in [0.2, 0.25) is 11.8 Å². The molecule has 0 bridgehead atoms. The smallest absolute Gasteiger partial charge is 0.225 e. The van der Waals surface area contributed by atoms with Gasteiger partial charge in [-0.15, -0.1) is 11.3 Å². The van der Waals surface area contributed by atoms with E-state index in [4.69, 9.17) is 0 Å². The summed E-state index contributed by atoms with van der Waals surface area (Å²) in [5, 5.41) is 5.81. The summed E-state index contributed by atoms with van der Waals surface area (Å²) < 4.78 is 13.3. The molecule has 0 radical (unpaired) electrons. The molecule has 1 aromatic heterocycles. The van der Waals surface area contributed by atoms with E-state index in [1.807, 2.05) is 12.3 Å². The van der Waals surface area contributed by atoms with Crippen LogP contribution < -0.4 is 5.32 Å². The molecule has 0 unspecified atom stereocenters. The molecule has 3 rings (SSSR count). The van der Waals surface area contributed by atoms with Gasteiger partial charge in [0, 0.05) is 24.9 Å². The molecule has 5 nitrogen and oxygen atoms in total. The lowest BCUT2D eigenvalue weighted by molar-refractivity contribution is -0.139. The van der Waals surface area contributed by atoms with Crippen LogP contribution in [-0.2, 0) is 29.1 Å². The number of hydrogen-bond acceptors (Lipinski definition) is 4. The number of benzene rings is 1. The lowest BCUT2D eigenvalue weighted by Crippen LogP contribution is -2.45. The second kappa shape index (κ2) is 8.40. The van der Waals surface area contributed by atoms with Gasteiger partial charge >= 0.3 is 0 Å². The van der Waals surface area contributed by atoms with Crippen LogP contribution in [0.4, 0.5) is 4.39 Å². The number of carbonyl (C=O) groups is 2. The minimum Gasteiger partial charge on any atom is -0.349 e. The summed E-state index contributed by atoms with van der Waals surface area (Å²) in [6.07, 6.45) is 1.76. The maximum absolute atomic E-state index is 13.3. The van der Waals surface area contributed by atoms with Crippen molar-refractivity contribution in [3.05, 3.63) is 51.7 Å². The molecule has 1 fully saturated rings. The molecular weight excluding hydrogens is 353 g/mol. The largest absolute Gasteiger partial charge is 0.349 e. The molecule has 7 heteroatoms. The highest BCUT2D eigenvalue weighted by Crippen LogP contribution is 2.21. The van der Waals surface area contributed by atoms with Gasteiger partial charge in [-0.3, -0.25) is 9.59 Å². The van der Waals surface area contributed by atoms with Crippen molar-refractivity contribution in [3.63, 3.8) is 0 Å². The minimum atomic E-state index is -0.323. The molecule has 0 saturated carbocycles. The summed E-state index contributed by atoms with van der Waals surface area (Å²) in [5.41, 5.74) is 1.76. The molecule has 138 valence electrons. The van der Waals surface area contributed by atoms with Gasteiger partial charge in [-0.1, -0.05) is 19.1 Å². The molecule has 0 aliphatic carbocycles. The molecule has 1 atom stereocenters. The fourth-order valence-electron chi connectivity index (χ4n) is 3.04. The van der Waals surface area contributed by atoms with Gasteiger partial charge in [-0.2, -0.15) is 0 Å². The summed E-state index contributed by atoms with van der Waals surface area (Å²) in [7, 11) is 0. The third-order valence-electron chi connectivity index (χ3n) is 4.51. The predicted octanol–water partition coefficient (Wildman–Crippen LogP) is 2.90. The van der Waals surface area contributed by atoms with Gasteiger partial charge < -0.3 is 10.2 Å². The van der Waals surface area contributed by atoms with Gasteiger partial charge in [-0.05, 0) is 30.5 Å². The van der Waals surface area contributed by atoms with Crippen LogP contribution in [0.1, 0.15) is 36.0 Å². The van der Waals surface area contributed by atoms with E-state index in [-0.39, 0.29) is 23.5 Å². The Balaban J connectivity index is 1.56. The number of aryl methyl sites for hydroxylation is 1. The number of amides is 2. The molecule has 1 aliphatic heterocycles. The SMILES string of the molecule is CCc1csc(CNC(=O)[C@H]2CCC(=O)N(Cc3cccc(F)c3)C2)n1. The Labute approximate surface area is 156 Å². The highest BCUT2D eigenvalue weighted by Gasteiger charge is 2.30. The highest BCUT2D eigenvalue weighted by molar-refractivity contribution is 7.09. The molecule has 26 heavy (non-hydrogen) atoms. The van der Waals surface area contributed by atoms with E-state index in [1.54, 1.807) is 28.4 Å². The number of nitrogens with zero attached hydrogens (tertiary/aromatic N) is 2. The number of hydrogen-bond donors (Lipinski definition) is 1. The zero-order chi connectivity index (χ0) is 18.5. The number of carbonyl (C=O) groups excluding carboxylic acids is 2. The number of thiazole rings is 1. The van der Waals surface area contributed by atoms with Gasteiger partial charge in [-0.25, -0.2) is 9.37 Å². The first-order valence-corrected chi connectivity index (χ1v) is 9.66. The fraction of sp³-hybridized carbons (Fsp3) is 0.421. The maximum atomic E-state index is 13.3. The van der Waals surface area contributed by atoms with Crippen molar-refractivity contribution < 1.29 is 14.0 Å². The number of halogens is 1. The number of likely N-dealkylation sites (tertiary alicyclic amines) is 1. The molecule has 1 aromatic carbocycles. The van der Waals surface area contributed by atoms with Crippen LogP contribution in [0, 0.1) is 11.7 Å². The molecule has 0 spiro atoms. The molecule has 1 aliphatic rings. The van der Waals surface area contributed by atoms with Crippen molar-refractivity contribution >= 4 is 23.2 Å². The summed E-state index contributed by atoms with van der Waals surface area (Å²) >= 11 is 1.54. The molecule has 2 amide bonds. The quantitative estimate of drug-likeness (QED) is 0.844. The van der Waals surface area contributed by atoms with E-state index in [0.717, 1.165) is 22.7 Å². The number of nitrogens with one attached hydrogen (secondary N) is 1. The van der Waals surface area contributed by atoms with Gasteiger partial charge in [0.1, 0.15) is 10.8 Å². The predicted molar refractivity (Wildman–Crippen MR) is 97.9 cm³/mol. The first-order valence-electron chi connectivity index (χ1n) is 8.78. The highest BCUT2D eigenvalue weighted by atomic mass is 32.1. The Bertz CT molecular complexity index is 793. The van der Waals surface area contributed by atoms with Crippen molar-refractivity contribution in [2.45, 2.75) is 39.3 Å². The van der Waals surface area contributed by atoms with E-state index in [2.05, 4.69) is 10.3 Å². The topological polar surface area (TPSA) is 62.3 Å². The Hall–Kier alpha value is -2.28. The van der Waals surface area contributed by atoms with Crippen molar-refractivity contribution in [1.82, 2.24) is 15.2 Å². The molecule has 2 heterocycles. The zero-order valence-corrected chi connectivity index (χ0v) is 15.5. The van der Waals surface area contributed by atoms with Crippen LogP contribution in [0.15, 0.2) is 29.6 Å². The van der Waals surface area contributed by atoms with Gasteiger partial charge in [0.15, 0.2) is 0 Å². The normalized spacial score (nSPS) is 17.4. The van der Waals surface area contributed by atoms with E-state index in [9.17, 15) is 14.0 Å². The van der Waals surface area contributed by atoms with Crippen LogP contribution in [0.5, 0.6) is 0 Å². The lowest BCUT2D eigenvalue weighted by Gasteiger charge is -2.32. The first kappa shape index (κ1) is 18.5. The average molecular weight is 375 g/mol. The van der Waals surface area contributed by atoms with Crippen molar-refractivity contribution in [1.29, 1.82) is 0 Å². The first-order chi connectivity index (χ1) is 12.5. The lowest BCUT2D eigenvalue weighted by atomic mass is 9.96. The third-order valence-corrected chi connectivity index (χ3v) is 5.41. The van der Waals surface area contributed by atoms with E-state index in [1.165, 1.54) is 12.1 Å². The summed E-state index contributed by atoms with van der Waals surface area (Å²) in [4.78, 5) is 30.7. The summed E-state index contributed by atoms with van der Waals surface area (Å²) in [6.45, 7) is 3.15. The zero-order valence-electron chi connectivity index (χ0n) is 14.7. The van der Waals surface area contributed by atoms with E-state index < -0.39 is 0 Å². The van der Waals surface area contributed by atoms with E-state index in [0.29, 0.717) is 32.5 Å². The minimum absolute atomic E-state index is 0.00539. The number of piperidine rings is 1. The molecule has 2 aromatic rings. The summed E-state index contributed by atoms with van der Waals surface area (Å²) in [6, 6.07) is 6.21. The monoisotopic (exact) mass is 375 g/mol. The van der Waals surface area contributed by atoms with Crippen molar-refractivity contribution in [3.8, 4) is 0 Å². The number of aromatic nitrogens is 1. The van der Waals surface area contributed by atoms with Crippen LogP contribution in [0.25, 0.3) is 0 Å². The van der Waals surface area contributed by atoms with Crippen molar-refractivity contribution in [2.24, 2.45) is 5.92 Å². The average Bonchev–Trinajstić information content (AvgIpc) is 3.10. The maximum Gasteiger partial charge on any atom is 0.225 e. The molecule has 1 N–H and O–H groups in total. The second-order valence-corrected chi connectivity index (χ2v) is 7.39. The van der Waals surface area contributed by atoms with Crippen molar-refractivity contribution in [2.75, 3.05) is 6.54 Å². The van der Waals surface area contributed by atoms with Gasteiger partial charge in [0.25, 0.3) is 0 Å². The fourth-order valence-corrected chi connectivity index (χ4v) is 3.85. The Morgan fingerprint density at radius 2 is 2.31 bits per heavy atom. The van der Waals surface area contributed by atoms with Crippen LogP contribution in [0.2, 0.25) is 0 Å². The summed E-state index contributed by atoms with van der Waals surface area (Å²) in [5.74, 6) is -0.621. The molecule has 1 saturated heterocycles. The Morgan fingerprint density at radius 1 is 1.46 bits per heavy atom.